The summed E-state index contributed by atoms with van der Waals surface area (Å²) < 4.78 is 2.25. The molecule has 0 spiro atoms. The molecule has 5 rings (SSSR count). The topological polar surface area (TPSA) is 21.5 Å². The smallest absolute Gasteiger partial charge is 0.165 e. The first kappa shape index (κ1) is 13.1. The minimum atomic E-state index is 0.258. The van der Waals surface area contributed by atoms with E-state index < -0.39 is 0 Å². The monoisotopic (exact) mass is 319 g/mol. The van der Waals surface area contributed by atoms with E-state index in [1.165, 1.54) is 0 Å². The van der Waals surface area contributed by atoms with E-state index in [2.05, 4.69) is 28.7 Å². The van der Waals surface area contributed by atoms with Gasteiger partial charge >= 0.3 is 0 Å². The molecule has 1 aliphatic rings. The predicted molar refractivity (Wildman–Crippen MR) is 94.7 cm³/mol. The highest BCUT2D eigenvalue weighted by atomic mass is 35.5. The van der Waals surface area contributed by atoms with Crippen LogP contribution in [0.15, 0.2) is 48.5 Å². The summed E-state index contributed by atoms with van der Waals surface area (Å²) in [7, 11) is 0. The summed E-state index contributed by atoms with van der Waals surface area (Å²) in [4.78, 5) is 12.6. The van der Waals surface area contributed by atoms with Gasteiger partial charge in [-0.25, -0.2) is 0 Å². The number of carbonyl (C=O) groups excluding carboxylic acids is 1. The van der Waals surface area contributed by atoms with Gasteiger partial charge in [0.05, 0.1) is 11.0 Å². The fourth-order valence-electron chi connectivity index (χ4n) is 3.94. The van der Waals surface area contributed by atoms with Crippen LogP contribution in [0.5, 0.6) is 0 Å². The summed E-state index contributed by atoms with van der Waals surface area (Å²) in [5.74, 6) is 0.258. The number of Topliss-reactive ketones (excluding diaryl/α,β-unsaturated/α-hetero) is 1. The summed E-state index contributed by atoms with van der Waals surface area (Å²) >= 11 is 6.23. The first-order valence-electron chi connectivity index (χ1n) is 7.91. The number of carbonyl (C=O) groups is 1. The maximum absolute atomic E-state index is 12.6. The lowest BCUT2D eigenvalue weighted by molar-refractivity contribution is 0.0973. The molecule has 2 aromatic heterocycles. The van der Waals surface area contributed by atoms with E-state index in [9.17, 15) is 4.79 Å². The SMILES string of the molecule is O=C1CCCc2c1c1ccccc1c1cc3ccc(Cl)cc3n21. The summed E-state index contributed by atoms with van der Waals surface area (Å²) in [6.45, 7) is 0. The van der Waals surface area contributed by atoms with Crippen molar-refractivity contribution in [3.8, 4) is 0 Å². The quantitative estimate of drug-likeness (QED) is 0.424. The lowest BCUT2D eigenvalue weighted by atomic mass is 9.90. The van der Waals surface area contributed by atoms with Gasteiger partial charge in [-0.15, -0.1) is 0 Å². The molecule has 0 aliphatic heterocycles. The summed E-state index contributed by atoms with van der Waals surface area (Å²) in [5.41, 5.74) is 4.28. The summed E-state index contributed by atoms with van der Waals surface area (Å²) in [5, 5.41) is 4.09. The van der Waals surface area contributed by atoms with Crippen LogP contribution in [0.1, 0.15) is 28.9 Å². The van der Waals surface area contributed by atoms with E-state index in [0.29, 0.717) is 6.42 Å². The molecule has 0 bridgehead atoms. The normalized spacial score (nSPS) is 14.7. The van der Waals surface area contributed by atoms with Crippen LogP contribution < -0.4 is 0 Å². The number of aryl methyl sites for hydroxylation is 1. The minimum absolute atomic E-state index is 0.258. The predicted octanol–water partition coefficient (Wildman–Crippen LogP) is 5.42. The van der Waals surface area contributed by atoms with Crippen LogP contribution in [0.25, 0.3) is 27.2 Å². The van der Waals surface area contributed by atoms with Crippen LogP contribution in [-0.2, 0) is 6.42 Å². The Balaban J connectivity index is 2.12. The Morgan fingerprint density at radius 2 is 1.74 bits per heavy atom. The van der Waals surface area contributed by atoms with E-state index in [4.69, 9.17) is 11.6 Å². The highest BCUT2D eigenvalue weighted by molar-refractivity contribution is 6.31. The zero-order valence-corrected chi connectivity index (χ0v) is 13.2. The Labute approximate surface area is 138 Å². The summed E-state index contributed by atoms with van der Waals surface area (Å²) in [6.07, 6.45) is 2.49. The lowest BCUT2D eigenvalue weighted by Gasteiger charge is -2.20. The number of benzene rings is 2. The molecule has 0 fully saturated rings. The van der Waals surface area contributed by atoms with Gasteiger partial charge in [-0.05, 0) is 36.4 Å². The Morgan fingerprint density at radius 1 is 0.913 bits per heavy atom. The van der Waals surface area contributed by atoms with Gasteiger partial charge in [-0.1, -0.05) is 41.9 Å². The van der Waals surface area contributed by atoms with Crippen LogP contribution in [0.4, 0.5) is 0 Å². The number of rotatable bonds is 0. The Bertz CT molecular complexity index is 1120. The number of hydrogen-bond donors (Lipinski definition) is 0. The number of hydrogen-bond acceptors (Lipinski definition) is 1. The number of aromatic nitrogens is 1. The molecule has 0 unspecified atom stereocenters. The van der Waals surface area contributed by atoms with Crippen LogP contribution in [0.2, 0.25) is 5.02 Å². The van der Waals surface area contributed by atoms with Crippen molar-refractivity contribution in [2.45, 2.75) is 19.3 Å². The molecule has 0 atom stereocenters. The average Bonchev–Trinajstić information content (AvgIpc) is 2.94. The fourth-order valence-corrected chi connectivity index (χ4v) is 4.11. The Morgan fingerprint density at radius 3 is 2.61 bits per heavy atom. The van der Waals surface area contributed by atoms with Crippen molar-refractivity contribution in [3.63, 3.8) is 0 Å². The van der Waals surface area contributed by atoms with Crippen molar-refractivity contribution in [3.05, 3.63) is 64.8 Å². The van der Waals surface area contributed by atoms with Crippen molar-refractivity contribution < 1.29 is 4.79 Å². The number of halogens is 1. The highest BCUT2D eigenvalue weighted by Gasteiger charge is 2.24. The van der Waals surface area contributed by atoms with Crippen molar-refractivity contribution in [1.82, 2.24) is 4.40 Å². The Kier molecular flexibility index (Phi) is 2.62. The van der Waals surface area contributed by atoms with Gasteiger partial charge in [-0.3, -0.25) is 4.79 Å². The molecule has 0 saturated carbocycles. The van der Waals surface area contributed by atoms with E-state index in [0.717, 1.165) is 56.3 Å². The number of fused-ring (bicyclic) bond motifs is 8. The van der Waals surface area contributed by atoms with Gasteiger partial charge in [0.15, 0.2) is 5.78 Å². The van der Waals surface area contributed by atoms with Crippen LogP contribution in [0, 0.1) is 0 Å². The molecule has 0 amide bonds. The second kappa shape index (κ2) is 4.59. The third kappa shape index (κ3) is 1.73. The highest BCUT2D eigenvalue weighted by Crippen LogP contribution is 2.36. The average molecular weight is 320 g/mol. The number of ketones is 1. The zero-order chi connectivity index (χ0) is 15.6. The van der Waals surface area contributed by atoms with E-state index in [1.807, 2.05) is 24.3 Å². The van der Waals surface area contributed by atoms with Gasteiger partial charge in [0.2, 0.25) is 0 Å². The second-order valence-corrected chi connectivity index (χ2v) is 6.65. The Hall–Kier alpha value is -2.32. The lowest BCUT2D eigenvalue weighted by Crippen LogP contribution is -2.15. The van der Waals surface area contributed by atoms with Crippen molar-refractivity contribution in [2.24, 2.45) is 0 Å². The maximum atomic E-state index is 12.6. The maximum Gasteiger partial charge on any atom is 0.165 e. The van der Waals surface area contributed by atoms with Crippen molar-refractivity contribution in [2.75, 3.05) is 0 Å². The van der Waals surface area contributed by atoms with Gasteiger partial charge in [-0.2, -0.15) is 0 Å². The molecule has 2 nitrogen and oxygen atoms in total. The van der Waals surface area contributed by atoms with Crippen molar-refractivity contribution >= 4 is 44.6 Å². The molecule has 0 N–H and O–H groups in total. The molecule has 23 heavy (non-hydrogen) atoms. The largest absolute Gasteiger partial charge is 0.312 e. The van der Waals surface area contributed by atoms with Gasteiger partial charge < -0.3 is 4.40 Å². The zero-order valence-electron chi connectivity index (χ0n) is 12.5. The van der Waals surface area contributed by atoms with Gasteiger partial charge in [0.1, 0.15) is 0 Å². The molecule has 2 aromatic carbocycles. The molecule has 0 saturated heterocycles. The summed E-state index contributed by atoms with van der Waals surface area (Å²) in [6, 6.07) is 16.4. The van der Waals surface area contributed by atoms with E-state index in [1.54, 1.807) is 0 Å². The van der Waals surface area contributed by atoms with Crippen molar-refractivity contribution in [1.29, 1.82) is 0 Å². The third-order valence-corrected chi connectivity index (χ3v) is 5.13. The third-order valence-electron chi connectivity index (χ3n) is 4.89. The molecule has 4 aromatic rings. The number of pyridine rings is 1. The molecular weight excluding hydrogens is 306 g/mol. The molecule has 0 radical (unpaired) electrons. The first-order chi connectivity index (χ1) is 11.2. The number of nitrogens with zero attached hydrogens (tertiary/aromatic N) is 1. The first-order valence-corrected chi connectivity index (χ1v) is 8.29. The van der Waals surface area contributed by atoms with Gasteiger partial charge in [0.25, 0.3) is 0 Å². The van der Waals surface area contributed by atoms with E-state index in [-0.39, 0.29) is 5.78 Å². The van der Waals surface area contributed by atoms with Crippen LogP contribution >= 0.6 is 11.6 Å². The van der Waals surface area contributed by atoms with Gasteiger partial charge in [0, 0.05) is 33.5 Å². The van der Waals surface area contributed by atoms with E-state index >= 15 is 0 Å². The molecule has 1 aliphatic carbocycles. The fraction of sp³-hybridized carbons (Fsp3) is 0.150. The molecular formula is C20H14ClNO. The van der Waals surface area contributed by atoms with Crippen LogP contribution in [-0.4, -0.2) is 10.2 Å². The molecule has 3 heteroatoms. The minimum Gasteiger partial charge on any atom is -0.312 e. The molecule has 112 valence electrons. The van der Waals surface area contributed by atoms with Crippen LogP contribution in [0.3, 0.4) is 0 Å². The second-order valence-electron chi connectivity index (χ2n) is 6.21. The molecule has 2 heterocycles. The standard InChI is InChI=1S/C20H14ClNO/c21-13-9-8-12-10-18-14-4-1-2-5-15(14)20-16(6-3-7-19(20)23)22(18)17(12)11-13/h1-2,4-5,8-11H,3,6-7H2.